The number of piperidine rings is 1. The Morgan fingerprint density at radius 2 is 1.61 bits per heavy atom. The number of benzene rings is 1. The first-order valence-electron chi connectivity index (χ1n) is 7.27. The monoisotopic (exact) mass is 249 g/mol. The molecule has 1 aromatic rings. The van der Waals surface area contributed by atoms with E-state index in [4.69, 9.17) is 4.74 Å². The van der Waals surface area contributed by atoms with E-state index in [0.29, 0.717) is 0 Å². The van der Waals surface area contributed by atoms with Crippen LogP contribution in [0.5, 0.6) is 5.75 Å². The van der Waals surface area contributed by atoms with Crippen LogP contribution in [0.2, 0.25) is 0 Å². The summed E-state index contributed by atoms with van der Waals surface area (Å²) in [6.45, 7) is 8.62. The van der Waals surface area contributed by atoms with Gasteiger partial charge in [-0.15, -0.1) is 0 Å². The van der Waals surface area contributed by atoms with Gasteiger partial charge in [0.25, 0.3) is 0 Å². The van der Waals surface area contributed by atoms with E-state index in [1.165, 1.54) is 38.8 Å². The fourth-order valence-electron chi connectivity index (χ4n) is 1.99. The van der Waals surface area contributed by atoms with Gasteiger partial charge in [-0.2, -0.15) is 0 Å². The van der Waals surface area contributed by atoms with Crippen LogP contribution < -0.4 is 4.74 Å². The molecule has 2 rings (SSSR count). The van der Waals surface area contributed by atoms with Crippen LogP contribution in [-0.4, -0.2) is 31.1 Å². The van der Waals surface area contributed by atoms with E-state index in [2.05, 4.69) is 18.7 Å². The van der Waals surface area contributed by atoms with Crippen LogP contribution in [0.3, 0.4) is 0 Å². The van der Waals surface area contributed by atoms with Crippen molar-refractivity contribution in [1.82, 2.24) is 4.90 Å². The smallest absolute Gasteiger partial charge is 0.119 e. The Bertz CT molecular complexity index is 280. The van der Waals surface area contributed by atoms with Gasteiger partial charge in [0.05, 0.1) is 0 Å². The van der Waals surface area contributed by atoms with Gasteiger partial charge in [-0.25, -0.2) is 0 Å². The Hall–Kier alpha value is -1.02. The normalized spacial score (nSPS) is 15.7. The highest BCUT2D eigenvalue weighted by Gasteiger charge is 2.09. The second kappa shape index (κ2) is 9.95. The lowest BCUT2D eigenvalue weighted by Gasteiger charge is -2.26. The van der Waals surface area contributed by atoms with Crippen LogP contribution in [0.15, 0.2) is 30.3 Å². The summed E-state index contributed by atoms with van der Waals surface area (Å²) in [6.07, 6.45) is 5.35. The highest BCUT2D eigenvalue weighted by molar-refractivity contribution is 5.20. The summed E-state index contributed by atoms with van der Waals surface area (Å²) < 4.78 is 5.67. The fourth-order valence-corrected chi connectivity index (χ4v) is 1.99. The maximum absolute atomic E-state index is 5.67. The van der Waals surface area contributed by atoms with Gasteiger partial charge >= 0.3 is 0 Å². The molecule has 0 amide bonds. The average Bonchev–Trinajstić information content (AvgIpc) is 2.42. The van der Waals surface area contributed by atoms with Crippen molar-refractivity contribution >= 4 is 0 Å². The first kappa shape index (κ1) is 15.0. The van der Waals surface area contributed by atoms with Crippen LogP contribution in [0.25, 0.3) is 0 Å². The predicted molar refractivity (Wildman–Crippen MR) is 78.2 cm³/mol. The minimum Gasteiger partial charge on any atom is -0.492 e. The SMILES string of the molecule is CCC.c1ccc(OCCN2CCCCC2)cc1. The Morgan fingerprint density at radius 3 is 2.22 bits per heavy atom. The summed E-state index contributed by atoms with van der Waals surface area (Å²) in [5.41, 5.74) is 0. The van der Waals surface area contributed by atoms with Gasteiger partial charge < -0.3 is 4.74 Å². The molecule has 0 N–H and O–H groups in total. The molecule has 1 saturated heterocycles. The van der Waals surface area contributed by atoms with E-state index in [1.54, 1.807) is 0 Å². The molecule has 0 atom stereocenters. The lowest BCUT2D eigenvalue weighted by atomic mass is 10.1. The molecule has 1 fully saturated rings. The summed E-state index contributed by atoms with van der Waals surface area (Å²) in [5, 5.41) is 0. The van der Waals surface area contributed by atoms with Gasteiger partial charge in [0.2, 0.25) is 0 Å². The van der Waals surface area contributed by atoms with Gasteiger partial charge in [0.15, 0.2) is 0 Å². The Labute approximate surface area is 112 Å². The van der Waals surface area contributed by atoms with Gasteiger partial charge in [0.1, 0.15) is 12.4 Å². The predicted octanol–water partition coefficient (Wildman–Crippen LogP) is 3.97. The topological polar surface area (TPSA) is 12.5 Å². The van der Waals surface area contributed by atoms with Gasteiger partial charge in [-0.05, 0) is 38.1 Å². The molecular formula is C16H27NO. The number of likely N-dealkylation sites (tertiary alicyclic amines) is 1. The molecule has 1 heterocycles. The zero-order valence-electron chi connectivity index (χ0n) is 11.9. The molecule has 2 nitrogen and oxygen atoms in total. The minimum atomic E-state index is 0.810. The molecule has 2 heteroatoms. The van der Waals surface area contributed by atoms with E-state index >= 15 is 0 Å². The summed E-state index contributed by atoms with van der Waals surface area (Å²) in [7, 11) is 0. The van der Waals surface area contributed by atoms with Crippen molar-refractivity contribution in [3.63, 3.8) is 0 Å². The summed E-state index contributed by atoms with van der Waals surface area (Å²) in [5.74, 6) is 0.981. The molecule has 0 unspecified atom stereocenters. The number of ether oxygens (including phenoxy) is 1. The van der Waals surface area contributed by atoms with Gasteiger partial charge in [-0.1, -0.05) is 44.9 Å². The van der Waals surface area contributed by atoms with E-state index < -0.39 is 0 Å². The number of para-hydroxylation sites is 1. The van der Waals surface area contributed by atoms with Crippen LogP contribution in [0.1, 0.15) is 39.5 Å². The van der Waals surface area contributed by atoms with Crippen molar-refractivity contribution in [3.05, 3.63) is 30.3 Å². The second-order valence-corrected chi connectivity index (χ2v) is 4.77. The highest BCUT2D eigenvalue weighted by Crippen LogP contribution is 2.10. The summed E-state index contributed by atoms with van der Waals surface area (Å²) in [6, 6.07) is 10.1. The molecule has 18 heavy (non-hydrogen) atoms. The van der Waals surface area contributed by atoms with Crippen LogP contribution in [0.4, 0.5) is 0 Å². The summed E-state index contributed by atoms with van der Waals surface area (Å²) in [4.78, 5) is 2.49. The van der Waals surface area contributed by atoms with Crippen LogP contribution >= 0.6 is 0 Å². The molecule has 0 aromatic heterocycles. The largest absolute Gasteiger partial charge is 0.492 e. The second-order valence-electron chi connectivity index (χ2n) is 4.77. The fraction of sp³-hybridized carbons (Fsp3) is 0.625. The Kier molecular flexibility index (Phi) is 8.32. The Balaban J connectivity index is 0.000000492. The average molecular weight is 249 g/mol. The number of hydrogen-bond acceptors (Lipinski definition) is 2. The first-order chi connectivity index (χ1) is 8.86. The third kappa shape index (κ3) is 6.65. The molecule has 0 saturated carbocycles. The molecule has 0 bridgehead atoms. The lowest BCUT2D eigenvalue weighted by Crippen LogP contribution is -2.33. The first-order valence-corrected chi connectivity index (χ1v) is 7.27. The quantitative estimate of drug-likeness (QED) is 0.800. The zero-order valence-corrected chi connectivity index (χ0v) is 11.9. The van der Waals surface area contributed by atoms with E-state index in [-0.39, 0.29) is 0 Å². The standard InChI is InChI=1S/C13H19NO.C3H8/c1-3-7-13(8-4-1)15-12-11-14-9-5-2-6-10-14;1-3-2/h1,3-4,7-8H,2,5-6,9-12H2;3H2,1-2H3. The molecule has 1 aliphatic rings. The molecule has 102 valence electrons. The van der Waals surface area contributed by atoms with Crippen molar-refractivity contribution in [3.8, 4) is 5.75 Å². The van der Waals surface area contributed by atoms with Crippen LogP contribution in [0, 0.1) is 0 Å². The van der Waals surface area contributed by atoms with Crippen molar-refractivity contribution in [2.24, 2.45) is 0 Å². The van der Waals surface area contributed by atoms with Gasteiger partial charge in [-0.3, -0.25) is 4.90 Å². The number of nitrogens with zero attached hydrogens (tertiary/aromatic N) is 1. The maximum Gasteiger partial charge on any atom is 0.119 e. The van der Waals surface area contributed by atoms with Crippen molar-refractivity contribution in [2.45, 2.75) is 39.5 Å². The van der Waals surface area contributed by atoms with Crippen molar-refractivity contribution in [1.29, 1.82) is 0 Å². The van der Waals surface area contributed by atoms with Gasteiger partial charge in [0, 0.05) is 6.54 Å². The maximum atomic E-state index is 5.67. The van der Waals surface area contributed by atoms with Crippen molar-refractivity contribution < 1.29 is 4.74 Å². The Morgan fingerprint density at radius 1 is 1.00 bits per heavy atom. The third-order valence-electron chi connectivity index (χ3n) is 2.87. The summed E-state index contributed by atoms with van der Waals surface area (Å²) >= 11 is 0. The molecule has 0 radical (unpaired) electrons. The van der Waals surface area contributed by atoms with E-state index in [0.717, 1.165) is 18.9 Å². The van der Waals surface area contributed by atoms with Crippen molar-refractivity contribution in [2.75, 3.05) is 26.2 Å². The minimum absolute atomic E-state index is 0.810. The molecule has 0 spiro atoms. The molecule has 0 aliphatic carbocycles. The molecule has 1 aliphatic heterocycles. The zero-order chi connectivity index (χ0) is 13.1. The van der Waals surface area contributed by atoms with Crippen LogP contribution in [-0.2, 0) is 0 Å². The highest BCUT2D eigenvalue weighted by atomic mass is 16.5. The van der Waals surface area contributed by atoms with E-state index in [1.807, 2.05) is 30.3 Å². The number of hydrogen-bond donors (Lipinski definition) is 0. The number of rotatable bonds is 4. The molecular weight excluding hydrogens is 222 g/mol. The third-order valence-corrected chi connectivity index (χ3v) is 2.87. The van der Waals surface area contributed by atoms with E-state index in [9.17, 15) is 0 Å². The lowest BCUT2D eigenvalue weighted by molar-refractivity contribution is 0.183. The molecule has 1 aromatic carbocycles.